The Labute approximate surface area is 187 Å². The largest absolute Gasteiger partial charge is 0.390 e. The lowest BCUT2D eigenvalue weighted by molar-refractivity contribution is -0.0982. The van der Waals surface area contributed by atoms with Crippen molar-refractivity contribution in [3.8, 4) is 0 Å². The first-order chi connectivity index (χ1) is 13.9. The lowest BCUT2D eigenvalue weighted by Crippen LogP contribution is -2.53. The molecule has 0 saturated heterocycles. The summed E-state index contributed by atoms with van der Waals surface area (Å²) >= 11 is 0. The van der Waals surface area contributed by atoms with Crippen LogP contribution >= 0.6 is 0 Å². The fraction of sp³-hybridized carbons (Fsp3) is 0.931. The number of hydrogen-bond acceptors (Lipinski definition) is 1. The topological polar surface area (TPSA) is 20.2 Å². The summed E-state index contributed by atoms with van der Waals surface area (Å²) in [5, 5.41) is 10.9. The van der Waals surface area contributed by atoms with Crippen LogP contribution in [0.25, 0.3) is 0 Å². The highest BCUT2D eigenvalue weighted by Gasteiger charge is 2.60. The quantitative estimate of drug-likeness (QED) is 0.448. The molecule has 1 N–H and O–H groups in total. The molecule has 0 heterocycles. The third kappa shape index (κ3) is 3.54. The zero-order valence-corrected chi connectivity index (χ0v) is 21.2. The molecule has 30 heavy (non-hydrogen) atoms. The summed E-state index contributed by atoms with van der Waals surface area (Å²) in [6.07, 6.45) is 15.7. The van der Waals surface area contributed by atoms with Crippen LogP contribution in [-0.2, 0) is 0 Å². The first kappa shape index (κ1) is 22.9. The molecule has 0 aliphatic heterocycles. The van der Waals surface area contributed by atoms with E-state index in [9.17, 15) is 5.11 Å². The van der Waals surface area contributed by atoms with Gasteiger partial charge in [-0.3, -0.25) is 0 Å². The van der Waals surface area contributed by atoms with Gasteiger partial charge in [-0.25, -0.2) is 0 Å². The highest BCUT2D eigenvalue weighted by atomic mass is 16.3. The maximum atomic E-state index is 10.9. The zero-order valence-electron chi connectivity index (χ0n) is 21.2. The SMILES string of the molecule is CC(C)CCC[C@@H](C)[C@H]1CCC2C3=C(CC[C@@]21C)[C@@]1(C)CC[C@](C)(O)C[C@@]1(C)CC3. The van der Waals surface area contributed by atoms with Crippen molar-refractivity contribution in [3.05, 3.63) is 11.1 Å². The first-order valence-electron chi connectivity index (χ1n) is 13.4. The van der Waals surface area contributed by atoms with Crippen LogP contribution in [-0.4, -0.2) is 10.7 Å². The van der Waals surface area contributed by atoms with Crippen molar-refractivity contribution in [2.75, 3.05) is 0 Å². The van der Waals surface area contributed by atoms with Crippen LogP contribution in [0.1, 0.15) is 126 Å². The molecule has 0 bridgehead atoms. The highest BCUT2D eigenvalue weighted by Crippen LogP contribution is 2.69. The minimum Gasteiger partial charge on any atom is -0.390 e. The van der Waals surface area contributed by atoms with E-state index in [2.05, 4.69) is 48.5 Å². The number of hydrogen-bond donors (Lipinski definition) is 1. The van der Waals surface area contributed by atoms with E-state index >= 15 is 0 Å². The van der Waals surface area contributed by atoms with Crippen LogP contribution in [0.4, 0.5) is 0 Å². The van der Waals surface area contributed by atoms with E-state index in [1.807, 2.05) is 11.1 Å². The minimum atomic E-state index is -0.459. The van der Waals surface area contributed by atoms with Gasteiger partial charge in [-0.1, -0.05) is 72.0 Å². The van der Waals surface area contributed by atoms with Gasteiger partial charge < -0.3 is 5.11 Å². The molecule has 4 aliphatic rings. The Kier molecular flexibility index (Phi) is 5.82. The fourth-order valence-corrected chi connectivity index (χ4v) is 9.14. The summed E-state index contributed by atoms with van der Waals surface area (Å²) in [4.78, 5) is 0. The monoisotopic (exact) mass is 414 g/mol. The molecular formula is C29H50O. The smallest absolute Gasteiger partial charge is 0.0625 e. The number of fused-ring (bicyclic) bond motifs is 4. The lowest BCUT2D eigenvalue weighted by atomic mass is 9.44. The summed E-state index contributed by atoms with van der Waals surface area (Å²) in [5.41, 5.74) is 4.46. The Morgan fingerprint density at radius 2 is 1.63 bits per heavy atom. The highest BCUT2D eigenvalue weighted by molar-refractivity contribution is 5.36. The average molecular weight is 415 g/mol. The summed E-state index contributed by atoms with van der Waals surface area (Å²) in [5.74, 6) is 3.51. The number of rotatable bonds is 5. The maximum Gasteiger partial charge on any atom is 0.0625 e. The zero-order chi connectivity index (χ0) is 21.9. The van der Waals surface area contributed by atoms with Gasteiger partial charge in [0.2, 0.25) is 0 Å². The van der Waals surface area contributed by atoms with Crippen LogP contribution in [0.3, 0.4) is 0 Å². The molecule has 4 rings (SSSR count). The Morgan fingerprint density at radius 3 is 2.33 bits per heavy atom. The molecule has 7 atom stereocenters. The van der Waals surface area contributed by atoms with Gasteiger partial charge in [0.15, 0.2) is 0 Å². The number of aliphatic hydroxyl groups is 1. The molecule has 0 aromatic heterocycles. The van der Waals surface area contributed by atoms with Crippen molar-refractivity contribution in [1.82, 2.24) is 0 Å². The molecule has 0 spiro atoms. The van der Waals surface area contributed by atoms with Crippen molar-refractivity contribution in [2.24, 2.45) is 39.9 Å². The Morgan fingerprint density at radius 1 is 0.900 bits per heavy atom. The molecule has 4 aliphatic carbocycles. The summed E-state index contributed by atoms with van der Waals surface area (Å²) in [6, 6.07) is 0. The van der Waals surface area contributed by atoms with E-state index in [-0.39, 0.29) is 5.41 Å². The van der Waals surface area contributed by atoms with Gasteiger partial charge in [0.05, 0.1) is 5.60 Å². The standard InChI is InChI=1S/C29H50O/c1-20(2)9-8-10-21(3)23-11-12-24-22-13-15-26(4)19-27(5,30)17-18-29(26,7)25(22)14-16-28(23,24)6/h20-21,23-24,30H,8-19H2,1-7H3/t21-,23-,24?,26-,27+,28-,29-/m1/s1. The van der Waals surface area contributed by atoms with E-state index in [0.29, 0.717) is 10.8 Å². The van der Waals surface area contributed by atoms with Crippen molar-refractivity contribution in [2.45, 2.75) is 131 Å². The van der Waals surface area contributed by atoms with Crippen LogP contribution < -0.4 is 0 Å². The van der Waals surface area contributed by atoms with Gasteiger partial charge >= 0.3 is 0 Å². The molecule has 1 unspecified atom stereocenters. The predicted molar refractivity (Wildman–Crippen MR) is 128 cm³/mol. The second kappa shape index (κ2) is 7.64. The Bertz CT molecular complexity index is 686. The first-order valence-corrected chi connectivity index (χ1v) is 13.4. The predicted octanol–water partition coefficient (Wildman–Crippen LogP) is 8.31. The second-order valence-electron chi connectivity index (χ2n) is 13.6. The molecule has 2 saturated carbocycles. The normalized spacial score (nSPS) is 47.1. The van der Waals surface area contributed by atoms with Crippen molar-refractivity contribution in [3.63, 3.8) is 0 Å². The minimum absolute atomic E-state index is 0.281. The van der Waals surface area contributed by atoms with Gasteiger partial charge in [-0.2, -0.15) is 0 Å². The van der Waals surface area contributed by atoms with Crippen molar-refractivity contribution in [1.29, 1.82) is 0 Å². The van der Waals surface area contributed by atoms with Crippen LogP contribution in [0.2, 0.25) is 0 Å². The van der Waals surface area contributed by atoms with Gasteiger partial charge in [0, 0.05) is 0 Å². The molecule has 2 fully saturated rings. The second-order valence-corrected chi connectivity index (χ2v) is 13.6. The third-order valence-corrected chi connectivity index (χ3v) is 11.1. The number of allylic oxidation sites excluding steroid dienone is 2. The average Bonchev–Trinajstić information content (AvgIpc) is 2.99. The van der Waals surface area contributed by atoms with Gasteiger partial charge in [-0.15, -0.1) is 0 Å². The van der Waals surface area contributed by atoms with Crippen molar-refractivity contribution >= 4 is 0 Å². The summed E-state index contributed by atoms with van der Waals surface area (Å²) in [6.45, 7) is 17.2. The molecule has 172 valence electrons. The van der Waals surface area contributed by atoms with Crippen LogP contribution in [0.5, 0.6) is 0 Å². The molecule has 0 aromatic rings. The van der Waals surface area contributed by atoms with Crippen LogP contribution in [0, 0.1) is 39.9 Å². The van der Waals surface area contributed by atoms with E-state index in [4.69, 9.17) is 0 Å². The molecule has 1 nitrogen and oxygen atoms in total. The molecule has 0 aromatic carbocycles. The Hall–Kier alpha value is -0.300. The van der Waals surface area contributed by atoms with E-state index in [0.717, 1.165) is 36.5 Å². The molecular weight excluding hydrogens is 364 g/mol. The van der Waals surface area contributed by atoms with E-state index in [1.54, 1.807) is 0 Å². The lowest BCUT2D eigenvalue weighted by Gasteiger charge is -2.61. The fourth-order valence-electron chi connectivity index (χ4n) is 9.14. The third-order valence-electron chi connectivity index (χ3n) is 11.1. The summed E-state index contributed by atoms with van der Waals surface area (Å²) < 4.78 is 0. The van der Waals surface area contributed by atoms with Gasteiger partial charge in [0.1, 0.15) is 0 Å². The molecule has 0 radical (unpaired) electrons. The van der Waals surface area contributed by atoms with Gasteiger partial charge in [0.25, 0.3) is 0 Å². The summed E-state index contributed by atoms with van der Waals surface area (Å²) in [7, 11) is 0. The van der Waals surface area contributed by atoms with Crippen LogP contribution in [0.15, 0.2) is 11.1 Å². The Balaban J connectivity index is 1.57. The molecule has 1 heteroatoms. The molecule has 0 amide bonds. The van der Waals surface area contributed by atoms with Gasteiger partial charge in [-0.05, 0) is 105 Å². The van der Waals surface area contributed by atoms with E-state index < -0.39 is 5.60 Å². The van der Waals surface area contributed by atoms with E-state index in [1.165, 1.54) is 64.2 Å². The van der Waals surface area contributed by atoms with Crippen molar-refractivity contribution < 1.29 is 5.11 Å². The maximum absolute atomic E-state index is 10.9.